The molecule has 0 aliphatic rings. The predicted molar refractivity (Wildman–Crippen MR) is 88.3 cm³/mol. The molecule has 112 valence electrons. The van der Waals surface area contributed by atoms with E-state index in [1.807, 2.05) is 30.6 Å². The molecule has 5 nitrogen and oxygen atoms in total. The summed E-state index contributed by atoms with van der Waals surface area (Å²) in [6.45, 7) is 1.89. The highest BCUT2D eigenvalue weighted by Gasteiger charge is 2.12. The standard InChI is InChI=1S/C15H13ClN4OS/c1-10-9-13(11(4-7-21-2)14(16)18-10)20-6-3-12(19-20)15-17-5-8-22-15/h3-9H,1-2H3. The van der Waals surface area contributed by atoms with Gasteiger partial charge in [0.1, 0.15) is 15.9 Å². The van der Waals surface area contributed by atoms with Crippen LogP contribution in [0.2, 0.25) is 5.15 Å². The Kier molecular flexibility index (Phi) is 4.22. The molecule has 3 rings (SSSR count). The topological polar surface area (TPSA) is 52.8 Å². The summed E-state index contributed by atoms with van der Waals surface area (Å²) in [6, 6.07) is 3.85. The van der Waals surface area contributed by atoms with E-state index in [4.69, 9.17) is 16.3 Å². The van der Waals surface area contributed by atoms with Crippen molar-refractivity contribution < 1.29 is 4.74 Å². The number of halogens is 1. The minimum atomic E-state index is 0.412. The third-order valence-electron chi connectivity index (χ3n) is 2.98. The molecule has 0 aromatic carbocycles. The van der Waals surface area contributed by atoms with Crippen molar-refractivity contribution in [3.63, 3.8) is 0 Å². The maximum Gasteiger partial charge on any atom is 0.143 e. The highest BCUT2D eigenvalue weighted by atomic mass is 35.5. The van der Waals surface area contributed by atoms with Gasteiger partial charge in [0, 0.05) is 29.0 Å². The number of nitrogens with zero attached hydrogens (tertiary/aromatic N) is 4. The van der Waals surface area contributed by atoms with E-state index >= 15 is 0 Å². The Morgan fingerprint density at radius 2 is 2.27 bits per heavy atom. The van der Waals surface area contributed by atoms with E-state index in [9.17, 15) is 0 Å². The minimum Gasteiger partial charge on any atom is -0.504 e. The van der Waals surface area contributed by atoms with E-state index < -0.39 is 0 Å². The summed E-state index contributed by atoms with van der Waals surface area (Å²) in [4.78, 5) is 8.55. The van der Waals surface area contributed by atoms with Crippen LogP contribution in [0, 0.1) is 6.92 Å². The monoisotopic (exact) mass is 332 g/mol. The second-order valence-electron chi connectivity index (χ2n) is 4.51. The number of rotatable bonds is 4. The molecule has 0 bridgehead atoms. The number of aromatic nitrogens is 4. The Morgan fingerprint density at radius 1 is 1.41 bits per heavy atom. The first-order valence-electron chi connectivity index (χ1n) is 6.51. The van der Waals surface area contributed by atoms with Crippen LogP contribution in [0.3, 0.4) is 0 Å². The Hall–Kier alpha value is -2.18. The van der Waals surface area contributed by atoms with E-state index in [2.05, 4.69) is 15.1 Å². The van der Waals surface area contributed by atoms with Gasteiger partial charge in [0.25, 0.3) is 0 Å². The van der Waals surface area contributed by atoms with Crippen molar-refractivity contribution in [2.75, 3.05) is 7.11 Å². The van der Waals surface area contributed by atoms with Gasteiger partial charge in [0.15, 0.2) is 0 Å². The van der Waals surface area contributed by atoms with Crippen LogP contribution in [0.25, 0.3) is 22.5 Å². The van der Waals surface area contributed by atoms with Gasteiger partial charge in [-0.05, 0) is 25.1 Å². The van der Waals surface area contributed by atoms with Crippen molar-refractivity contribution in [2.45, 2.75) is 6.92 Å². The van der Waals surface area contributed by atoms with Crippen LogP contribution >= 0.6 is 22.9 Å². The van der Waals surface area contributed by atoms with Crippen molar-refractivity contribution in [1.29, 1.82) is 0 Å². The van der Waals surface area contributed by atoms with Crippen molar-refractivity contribution in [1.82, 2.24) is 19.7 Å². The number of ether oxygens (including phenoxy) is 1. The molecule has 0 fully saturated rings. The third kappa shape index (κ3) is 2.88. The van der Waals surface area contributed by atoms with E-state index in [0.29, 0.717) is 5.15 Å². The summed E-state index contributed by atoms with van der Waals surface area (Å²) in [7, 11) is 1.58. The van der Waals surface area contributed by atoms with Crippen molar-refractivity contribution >= 4 is 29.0 Å². The first kappa shape index (κ1) is 14.7. The molecule has 0 radical (unpaired) electrons. The van der Waals surface area contributed by atoms with Gasteiger partial charge in [0.2, 0.25) is 0 Å². The first-order chi connectivity index (χ1) is 10.7. The number of pyridine rings is 1. The number of thiazole rings is 1. The van der Waals surface area contributed by atoms with Crippen molar-refractivity contribution in [2.24, 2.45) is 0 Å². The molecule has 0 N–H and O–H groups in total. The zero-order valence-electron chi connectivity index (χ0n) is 12.0. The average Bonchev–Trinajstić information content (AvgIpc) is 3.16. The van der Waals surface area contributed by atoms with Crippen LogP contribution in [0.4, 0.5) is 0 Å². The predicted octanol–water partition coefficient (Wildman–Crippen LogP) is 3.97. The van der Waals surface area contributed by atoms with Gasteiger partial charge in [-0.25, -0.2) is 14.6 Å². The largest absolute Gasteiger partial charge is 0.504 e. The van der Waals surface area contributed by atoms with Gasteiger partial charge in [-0.3, -0.25) is 0 Å². The van der Waals surface area contributed by atoms with E-state index in [-0.39, 0.29) is 0 Å². The molecule has 0 aliphatic heterocycles. The number of hydrogen-bond donors (Lipinski definition) is 0. The average molecular weight is 333 g/mol. The summed E-state index contributed by atoms with van der Waals surface area (Å²) in [6.07, 6.45) is 6.98. The van der Waals surface area contributed by atoms with E-state index in [1.54, 1.807) is 41.7 Å². The molecule has 0 aliphatic carbocycles. The molecule has 0 atom stereocenters. The molecule has 3 aromatic rings. The molecular weight excluding hydrogens is 320 g/mol. The van der Waals surface area contributed by atoms with Crippen LogP contribution in [-0.4, -0.2) is 26.9 Å². The fraction of sp³-hybridized carbons (Fsp3) is 0.133. The summed E-state index contributed by atoms with van der Waals surface area (Å²) < 4.78 is 6.75. The SMILES string of the molecule is COC=Cc1c(-n2ccc(-c3nccs3)n2)cc(C)nc1Cl. The van der Waals surface area contributed by atoms with Gasteiger partial charge in [-0.15, -0.1) is 11.3 Å². The van der Waals surface area contributed by atoms with Crippen molar-refractivity contribution in [3.8, 4) is 16.4 Å². The molecule has 0 spiro atoms. The molecule has 0 unspecified atom stereocenters. The third-order valence-corrected chi connectivity index (χ3v) is 4.06. The van der Waals surface area contributed by atoms with E-state index in [1.165, 1.54) is 0 Å². The fourth-order valence-electron chi connectivity index (χ4n) is 2.03. The molecule has 0 saturated carbocycles. The van der Waals surface area contributed by atoms with Gasteiger partial charge in [-0.1, -0.05) is 11.6 Å². The molecule has 0 amide bonds. The first-order valence-corrected chi connectivity index (χ1v) is 7.77. The second kappa shape index (κ2) is 6.29. The van der Waals surface area contributed by atoms with Gasteiger partial charge >= 0.3 is 0 Å². The lowest BCUT2D eigenvalue weighted by Crippen LogP contribution is -2.01. The zero-order valence-corrected chi connectivity index (χ0v) is 13.6. The van der Waals surface area contributed by atoms with Crippen molar-refractivity contribution in [3.05, 3.63) is 52.6 Å². The number of hydrogen-bond acceptors (Lipinski definition) is 5. The second-order valence-corrected chi connectivity index (χ2v) is 5.76. The normalized spacial score (nSPS) is 11.2. The Morgan fingerprint density at radius 3 is 3.00 bits per heavy atom. The van der Waals surface area contributed by atoms with Crippen LogP contribution in [0.5, 0.6) is 0 Å². The van der Waals surface area contributed by atoms with E-state index in [0.717, 1.165) is 27.6 Å². The highest BCUT2D eigenvalue weighted by molar-refractivity contribution is 7.13. The number of aryl methyl sites for hydroxylation is 1. The smallest absolute Gasteiger partial charge is 0.143 e. The quantitative estimate of drug-likeness (QED) is 0.536. The van der Waals surface area contributed by atoms with Gasteiger partial charge in [-0.2, -0.15) is 5.10 Å². The summed E-state index contributed by atoms with van der Waals surface area (Å²) in [5.74, 6) is 0. The molecule has 0 saturated heterocycles. The van der Waals surface area contributed by atoms with Gasteiger partial charge in [0.05, 0.1) is 19.1 Å². The van der Waals surface area contributed by atoms with Crippen LogP contribution in [0.15, 0.2) is 36.2 Å². The Labute approximate surface area is 136 Å². The summed E-state index contributed by atoms with van der Waals surface area (Å²) in [5.41, 5.74) is 3.24. The zero-order chi connectivity index (χ0) is 15.5. The fourth-order valence-corrected chi connectivity index (χ4v) is 2.93. The summed E-state index contributed by atoms with van der Waals surface area (Å²) >= 11 is 7.81. The Balaban J connectivity index is 2.09. The molecule has 3 aromatic heterocycles. The lowest BCUT2D eigenvalue weighted by atomic mass is 10.2. The minimum absolute atomic E-state index is 0.412. The molecular formula is C15H13ClN4OS. The molecule has 22 heavy (non-hydrogen) atoms. The summed E-state index contributed by atoms with van der Waals surface area (Å²) in [5, 5.41) is 7.79. The van der Waals surface area contributed by atoms with Crippen LogP contribution in [-0.2, 0) is 4.74 Å². The van der Waals surface area contributed by atoms with Gasteiger partial charge < -0.3 is 4.74 Å². The van der Waals surface area contributed by atoms with Crippen LogP contribution in [0.1, 0.15) is 11.3 Å². The lowest BCUT2D eigenvalue weighted by Gasteiger charge is -2.09. The maximum atomic E-state index is 6.26. The molecule has 7 heteroatoms. The lowest BCUT2D eigenvalue weighted by molar-refractivity contribution is 0.341. The highest BCUT2D eigenvalue weighted by Crippen LogP contribution is 2.26. The Bertz CT molecular complexity index is 811. The maximum absolute atomic E-state index is 6.26. The van der Waals surface area contributed by atoms with Crippen LogP contribution < -0.4 is 0 Å². The number of methoxy groups -OCH3 is 1. The molecule has 3 heterocycles.